The third-order valence-corrected chi connectivity index (χ3v) is 8.82. The van der Waals surface area contributed by atoms with Crippen molar-refractivity contribution in [1.29, 1.82) is 0 Å². The monoisotopic (exact) mass is 427 g/mol. The number of fused-ring (bicyclic) bond motifs is 2. The summed E-state index contributed by atoms with van der Waals surface area (Å²) in [6.07, 6.45) is 3.34. The third kappa shape index (κ3) is 3.58. The van der Waals surface area contributed by atoms with Crippen molar-refractivity contribution >= 4 is 28.3 Å². The molecular formula is C20H30ClN3O3S. The fourth-order valence-electron chi connectivity index (χ4n) is 5.19. The highest BCUT2D eigenvalue weighted by atomic mass is 35.5. The van der Waals surface area contributed by atoms with Crippen LogP contribution in [0.25, 0.3) is 0 Å². The smallest absolute Gasteiger partial charge is 0.243 e. The summed E-state index contributed by atoms with van der Waals surface area (Å²) >= 11 is 0. The van der Waals surface area contributed by atoms with Crippen molar-refractivity contribution in [2.45, 2.75) is 44.0 Å². The van der Waals surface area contributed by atoms with Crippen molar-refractivity contribution in [2.75, 3.05) is 26.2 Å². The van der Waals surface area contributed by atoms with E-state index >= 15 is 0 Å². The first kappa shape index (κ1) is 21.6. The average Bonchev–Trinajstić information content (AvgIpc) is 3.24. The molecule has 1 aliphatic heterocycles. The van der Waals surface area contributed by atoms with Gasteiger partial charge in [0.15, 0.2) is 0 Å². The molecule has 2 bridgehead atoms. The first-order chi connectivity index (χ1) is 12.8. The van der Waals surface area contributed by atoms with Gasteiger partial charge in [0.05, 0.1) is 10.8 Å². The van der Waals surface area contributed by atoms with E-state index in [1.165, 1.54) is 4.31 Å². The van der Waals surface area contributed by atoms with Crippen LogP contribution in [0.5, 0.6) is 0 Å². The Balaban J connectivity index is 0.00000225. The van der Waals surface area contributed by atoms with E-state index in [-0.39, 0.29) is 30.3 Å². The third-order valence-electron chi connectivity index (χ3n) is 6.78. The lowest BCUT2D eigenvalue weighted by Gasteiger charge is -2.38. The second kappa shape index (κ2) is 7.94. The predicted octanol–water partition coefficient (Wildman–Crippen LogP) is 1.93. The molecule has 0 spiro atoms. The van der Waals surface area contributed by atoms with Crippen LogP contribution in [-0.2, 0) is 14.8 Å². The van der Waals surface area contributed by atoms with Crippen LogP contribution in [0.3, 0.4) is 0 Å². The molecule has 0 radical (unpaired) electrons. The Morgan fingerprint density at radius 1 is 1.07 bits per heavy atom. The van der Waals surface area contributed by atoms with Crippen molar-refractivity contribution in [3.8, 4) is 0 Å². The SMILES string of the molecule is Cc1ccc(C)c(S(=O)(=O)N2CCN(C(=O)C3C4CCC(C4)C3N)CC2)c1.Cl. The fraction of sp³-hybridized carbons (Fsp3) is 0.650. The van der Waals surface area contributed by atoms with Gasteiger partial charge in [0.1, 0.15) is 0 Å². The highest BCUT2D eigenvalue weighted by Gasteiger charge is 2.50. The number of amides is 1. The van der Waals surface area contributed by atoms with Crippen LogP contribution in [-0.4, -0.2) is 55.8 Å². The maximum atomic E-state index is 13.1. The minimum Gasteiger partial charge on any atom is -0.340 e. The number of piperazine rings is 1. The molecule has 28 heavy (non-hydrogen) atoms. The van der Waals surface area contributed by atoms with E-state index in [4.69, 9.17) is 5.73 Å². The normalized spacial score (nSPS) is 30.3. The highest BCUT2D eigenvalue weighted by Crippen LogP contribution is 2.48. The predicted molar refractivity (Wildman–Crippen MR) is 111 cm³/mol. The van der Waals surface area contributed by atoms with E-state index < -0.39 is 10.0 Å². The zero-order valence-electron chi connectivity index (χ0n) is 16.5. The largest absolute Gasteiger partial charge is 0.340 e. The number of benzene rings is 1. The van der Waals surface area contributed by atoms with E-state index in [0.717, 1.165) is 30.4 Å². The summed E-state index contributed by atoms with van der Waals surface area (Å²) in [5, 5.41) is 0. The lowest BCUT2D eigenvalue weighted by molar-refractivity contribution is -0.139. The minimum absolute atomic E-state index is 0. The Hall–Kier alpha value is -1.15. The van der Waals surface area contributed by atoms with Crippen LogP contribution >= 0.6 is 12.4 Å². The van der Waals surface area contributed by atoms with Gasteiger partial charge in [-0.25, -0.2) is 8.42 Å². The van der Waals surface area contributed by atoms with Gasteiger partial charge in [0.2, 0.25) is 15.9 Å². The molecule has 2 aliphatic carbocycles. The number of nitrogens with zero attached hydrogens (tertiary/aromatic N) is 2. The van der Waals surface area contributed by atoms with Crippen molar-refractivity contribution < 1.29 is 13.2 Å². The Labute approximate surface area is 173 Å². The number of aryl methyl sites for hydroxylation is 2. The van der Waals surface area contributed by atoms with Crippen LogP contribution < -0.4 is 5.73 Å². The second-order valence-corrected chi connectivity index (χ2v) is 10.3. The summed E-state index contributed by atoms with van der Waals surface area (Å²) in [4.78, 5) is 15.2. The molecule has 4 rings (SSSR count). The molecule has 4 atom stereocenters. The minimum atomic E-state index is -3.53. The van der Waals surface area contributed by atoms with Crippen LogP contribution in [0.15, 0.2) is 23.1 Å². The van der Waals surface area contributed by atoms with E-state index in [0.29, 0.717) is 42.9 Å². The number of hydrogen-bond acceptors (Lipinski definition) is 4. The van der Waals surface area contributed by atoms with Crippen LogP contribution in [0, 0.1) is 31.6 Å². The molecule has 1 aromatic carbocycles. The number of hydrogen-bond donors (Lipinski definition) is 1. The standard InChI is InChI=1S/C20H29N3O3S.ClH/c1-13-3-4-14(2)17(11-13)27(25,26)23-9-7-22(8-10-23)20(24)18-15-5-6-16(12-15)19(18)21;/h3-4,11,15-16,18-19H,5-10,12,21H2,1-2H3;1H. The molecule has 1 amide bonds. The molecule has 1 heterocycles. The van der Waals surface area contributed by atoms with Gasteiger partial charge in [0, 0.05) is 32.2 Å². The lowest BCUT2D eigenvalue weighted by Crippen LogP contribution is -2.54. The van der Waals surface area contributed by atoms with Crippen molar-refractivity contribution in [2.24, 2.45) is 23.5 Å². The number of carbonyl (C=O) groups excluding carboxylic acids is 1. The molecule has 1 aromatic rings. The second-order valence-electron chi connectivity index (χ2n) is 8.43. The molecule has 6 nitrogen and oxygen atoms in total. The van der Waals surface area contributed by atoms with E-state index in [2.05, 4.69) is 0 Å². The van der Waals surface area contributed by atoms with Gasteiger partial charge >= 0.3 is 0 Å². The summed E-state index contributed by atoms with van der Waals surface area (Å²) in [5.41, 5.74) is 8.01. The van der Waals surface area contributed by atoms with Gasteiger partial charge in [-0.15, -0.1) is 12.4 Å². The Morgan fingerprint density at radius 2 is 1.71 bits per heavy atom. The topological polar surface area (TPSA) is 83.7 Å². The van der Waals surface area contributed by atoms with E-state index in [1.54, 1.807) is 6.07 Å². The molecule has 156 valence electrons. The molecule has 2 N–H and O–H groups in total. The Kier molecular flexibility index (Phi) is 6.11. The van der Waals surface area contributed by atoms with Crippen LogP contribution in [0.4, 0.5) is 0 Å². The Morgan fingerprint density at radius 3 is 2.32 bits per heavy atom. The zero-order valence-corrected chi connectivity index (χ0v) is 18.1. The van der Waals surface area contributed by atoms with E-state index in [1.807, 2.05) is 30.9 Å². The van der Waals surface area contributed by atoms with Crippen molar-refractivity contribution in [3.63, 3.8) is 0 Å². The van der Waals surface area contributed by atoms with Gasteiger partial charge in [-0.1, -0.05) is 12.1 Å². The van der Waals surface area contributed by atoms with E-state index in [9.17, 15) is 13.2 Å². The fourth-order valence-corrected chi connectivity index (χ4v) is 6.92. The van der Waals surface area contributed by atoms with Gasteiger partial charge in [-0.2, -0.15) is 4.31 Å². The number of nitrogens with two attached hydrogens (primary N) is 1. The van der Waals surface area contributed by atoms with Gasteiger partial charge < -0.3 is 10.6 Å². The quantitative estimate of drug-likeness (QED) is 0.798. The number of rotatable bonds is 3. The molecule has 0 aromatic heterocycles. The molecular weight excluding hydrogens is 398 g/mol. The summed E-state index contributed by atoms with van der Waals surface area (Å²) in [7, 11) is -3.53. The number of carbonyl (C=O) groups is 1. The summed E-state index contributed by atoms with van der Waals surface area (Å²) in [6.45, 7) is 5.30. The lowest BCUT2D eigenvalue weighted by atomic mass is 9.84. The number of sulfonamides is 1. The van der Waals surface area contributed by atoms with Gasteiger partial charge in [-0.3, -0.25) is 4.79 Å². The van der Waals surface area contributed by atoms with Gasteiger partial charge in [-0.05, 0) is 62.1 Å². The first-order valence-corrected chi connectivity index (χ1v) is 11.3. The molecule has 8 heteroatoms. The molecule has 3 aliphatic rings. The Bertz CT molecular complexity index is 850. The van der Waals surface area contributed by atoms with Crippen LogP contribution in [0.2, 0.25) is 0 Å². The van der Waals surface area contributed by atoms with Gasteiger partial charge in [0.25, 0.3) is 0 Å². The maximum absolute atomic E-state index is 13.1. The summed E-state index contributed by atoms with van der Waals surface area (Å²) in [5.74, 6) is 0.994. The maximum Gasteiger partial charge on any atom is 0.243 e. The summed E-state index contributed by atoms with van der Waals surface area (Å²) in [6, 6.07) is 5.48. The number of halogens is 1. The molecule has 3 fully saturated rings. The molecule has 2 saturated carbocycles. The first-order valence-electron chi connectivity index (χ1n) is 9.91. The van der Waals surface area contributed by atoms with Crippen LogP contribution in [0.1, 0.15) is 30.4 Å². The molecule has 4 unspecified atom stereocenters. The zero-order chi connectivity index (χ0) is 19.3. The van der Waals surface area contributed by atoms with Crippen molar-refractivity contribution in [1.82, 2.24) is 9.21 Å². The van der Waals surface area contributed by atoms with Crippen molar-refractivity contribution in [3.05, 3.63) is 29.3 Å². The average molecular weight is 428 g/mol. The highest BCUT2D eigenvalue weighted by molar-refractivity contribution is 7.89. The molecule has 1 saturated heterocycles. The summed E-state index contributed by atoms with van der Waals surface area (Å²) < 4.78 is 27.6.